The number of aliphatic hydroxyl groups excluding tert-OH is 3. The summed E-state index contributed by atoms with van der Waals surface area (Å²) in [5.74, 6) is 1.36. The Hall–Kier alpha value is -2.84. The molecule has 5 atom stereocenters. The maximum absolute atomic E-state index is 10.9. The zero-order valence-electron chi connectivity index (χ0n) is 22.1. The maximum Gasteiger partial charge on any atom is 0.226 e. The summed E-state index contributed by atoms with van der Waals surface area (Å²) >= 11 is 0. The van der Waals surface area contributed by atoms with Crippen molar-refractivity contribution in [2.45, 2.75) is 70.6 Å². The highest BCUT2D eigenvalue weighted by molar-refractivity contribution is 5.84. The number of ether oxygens (including phenoxy) is 1. The molecule has 0 spiro atoms. The van der Waals surface area contributed by atoms with Gasteiger partial charge >= 0.3 is 0 Å². The van der Waals surface area contributed by atoms with Crippen LogP contribution in [0.4, 0.5) is 11.8 Å². The molecule has 13 heteroatoms. The molecule has 5 N–H and O–H groups in total. The molecular formula is C25H38N8O5. The average molecular weight is 531 g/mol. The van der Waals surface area contributed by atoms with Crippen molar-refractivity contribution in [2.75, 3.05) is 43.4 Å². The molecule has 5 rings (SSSR count). The highest BCUT2D eigenvalue weighted by Gasteiger charge is 2.47. The molecule has 2 saturated heterocycles. The Balaban J connectivity index is 1.45. The van der Waals surface area contributed by atoms with E-state index < -0.39 is 24.5 Å². The van der Waals surface area contributed by atoms with Crippen molar-refractivity contribution in [3.05, 3.63) is 23.8 Å². The van der Waals surface area contributed by atoms with Crippen molar-refractivity contribution in [3.63, 3.8) is 0 Å². The number of aryl methyl sites for hydroxylation is 1. The van der Waals surface area contributed by atoms with E-state index >= 15 is 0 Å². The van der Waals surface area contributed by atoms with Gasteiger partial charge in [0.05, 0.1) is 24.7 Å². The van der Waals surface area contributed by atoms with Crippen LogP contribution in [-0.4, -0.2) is 95.9 Å². The molecule has 3 aromatic rings. The fourth-order valence-electron chi connectivity index (χ4n) is 4.97. The lowest BCUT2D eigenvalue weighted by Gasteiger charge is -2.22. The van der Waals surface area contributed by atoms with Gasteiger partial charge in [-0.3, -0.25) is 4.57 Å². The lowest BCUT2D eigenvalue weighted by Crippen LogP contribution is -2.30. The number of nitrogens with zero attached hydrogens (tertiary/aromatic N) is 6. The summed E-state index contributed by atoms with van der Waals surface area (Å²) < 4.78 is 13.1. The highest BCUT2D eigenvalue weighted by atomic mass is 16.6. The van der Waals surface area contributed by atoms with Gasteiger partial charge in [-0.1, -0.05) is 25.9 Å². The number of fused-ring (bicyclic) bond motifs is 1. The average Bonchev–Trinajstić information content (AvgIpc) is 3.71. The Morgan fingerprint density at radius 2 is 1.95 bits per heavy atom. The second-order valence-electron chi connectivity index (χ2n) is 10.4. The molecule has 0 amide bonds. The molecule has 5 heterocycles. The fourth-order valence-corrected chi connectivity index (χ4v) is 4.97. The van der Waals surface area contributed by atoms with Crippen molar-refractivity contribution >= 4 is 22.9 Å². The van der Waals surface area contributed by atoms with Gasteiger partial charge in [0.1, 0.15) is 18.3 Å². The van der Waals surface area contributed by atoms with Crippen molar-refractivity contribution in [1.82, 2.24) is 29.6 Å². The zero-order valence-corrected chi connectivity index (χ0v) is 22.1. The number of rotatable bonds is 11. The van der Waals surface area contributed by atoms with Gasteiger partial charge in [-0.2, -0.15) is 9.97 Å². The van der Waals surface area contributed by atoms with Gasteiger partial charge in [0.25, 0.3) is 0 Å². The Morgan fingerprint density at radius 3 is 2.63 bits per heavy atom. The van der Waals surface area contributed by atoms with E-state index in [0.717, 1.165) is 25.3 Å². The van der Waals surface area contributed by atoms with E-state index in [4.69, 9.17) is 14.2 Å². The highest BCUT2D eigenvalue weighted by Crippen LogP contribution is 2.40. The van der Waals surface area contributed by atoms with Crippen LogP contribution in [0, 0.1) is 5.92 Å². The SMILES string of the molecule is CCc1cc([C@H]2O[C@@H](n3cnc4c(N[C@H](CO)C(C)C)nc(NCCN5CCCC5)nc43)[C@H](O)[C@@H]2O)on1. The molecule has 2 aliphatic heterocycles. The van der Waals surface area contributed by atoms with E-state index in [-0.39, 0.29) is 18.6 Å². The number of nitrogens with one attached hydrogen (secondary N) is 2. The molecule has 0 unspecified atom stereocenters. The molecule has 2 aliphatic rings. The smallest absolute Gasteiger partial charge is 0.226 e. The summed E-state index contributed by atoms with van der Waals surface area (Å²) in [5, 5.41) is 42.2. The summed E-state index contributed by atoms with van der Waals surface area (Å²) in [7, 11) is 0. The van der Waals surface area contributed by atoms with Crippen molar-refractivity contribution in [2.24, 2.45) is 5.92 Å². The lowest BCUT2D eigenvalue weighted by atomic mass is 10.1. The van der Waals surface area contributed by atoms with E-state index in [1.807, 2.05) is 20.8 Å². The molecule has 2 fully saturated rings. The standard InChI is InChI=1S/C25H38N8O5/c1-4-15-11-17(38-31-15)21-19(35)20(36)24(37-21)33-13-27-18-22(28-16(12-34)14(2)3)29-25(30-23(18)33)26-7-10-32-8-5-6-9-32/h11,13-14,16,19-21,24,34-36H,4-10,12H2,1-3H3,(H2,26,28,29,30)/t16-,19+,20-,21-,24-/m1/s1. The lowest BCUT2D eigenvalue weighted by molar-refractivity contribution is -0.0434. The zero-order chi connectivity index (χ0) is 26.8. The van der Waals surface area contributed by atoms with Crippen LogP contribution in [0.15, 0.2) is 16.9 Å². The van der Waals surface area contributed by atoms with Crippen molar-refractivity contribution < 1.29 is 24.6 Å². The van der Waals surface area contributed by atoms with Crippen LogP contribution < -0.4 is 10.6 Å². The van der Waals surface area contributed by atoms with Crippen LogP contribution >= 0.6 is 0 Å². The summed E-state index contributed by atoms with van der Waals surface area (Å²) in [4.78, 5) is 16.3. The van der Waals surface area contributed by atoms with E-state index in [2.05, 4.69) is 30.7 Å². The topological polar surface area (TPSA) is 167 Å². The van der Waals surface area contributed by atoms with E-state index in [1.54, 1.807) is 10.6 Å². The molecule has 13 nitrogen and oxygen atoms in total. The summed E-state index contributed by atoms with van der Waals surface area (Å²) in [6.07, 6.45) is 0.291. The Morgan fingerprint density at radius 1 is 1.16 bits per heavy atom. The number of hydrogen-bond donors (Lipinski definition) is 5. The van der Waals surface area contributed by atoms with Gasteiger partial charge in [-0.15, -0.1) is 0 Å². The van der Waals surface area contributed by atoms with Gasteiger partial charge in [0.2, 0.25) is 5.95 Å². The van der Waals surface area contributed by atoms with Crippen LogP contribution in [0.2, 0.25) is 0 Å². The number of aliphatic hydroxyl groups is 3. The van der Waals surface area contributed by atoms with Gasteiger partial charge in [-0.25, -0.2) is 4.98 Å². The first-order valence-corrected chi connectivity index (χ1v) is 13.4. The molecular weight excluding hydrogens is 492 g/mol. The molecule has 38 heavy (non-hydrogen) atoms. The molecule has 3 aromatic heterocycles. The maximum atomic E-state index is 10.9. The van der Waals surface area contributed by atoms with Gasteiger partial charge < -0.3 is 40.1 Å². The predicted octanol–water partition coefficient (Wildman–Crippen LogP) is 1.31. The predicted molar refractivity (Wildman–Crippen MR) is 140 cm³/mol. The molecule has 0 aromatic carbocycles. The van der Waals surface area contributed by atoms with Crippen LogP contribution in [0.1, 0.15) is 57.4 Å². The Kier molecular flexibility index (Phi) is 8.09. The van der Waals surface area contributed by atoms with Crippen LogP contribution in [0.3, 0.4) is 0 Å². The minimum absolute atomic E-state index is 0.0726. The van der Waals surface area contributed by atoms with Gasteiger partial charge in [0, 0.05) is 19.2 Å². The summed E-state index contributed by atoms with van der Waals surface area (Å²) in [6, 6.07) is 1.48. The first-order chi connectivity index (χ1) is 18.4. The number of imidazole rings is 1. The normalized spacial score (nSPS) is 25.0. The molecule has 0 bridgehead atoms. The quantitative estimate of drug-likeness (QED) is 0.241. The first-order valence-electron chi connectivity index (χ1n) is 13.4. The largest absolute Gasteiger partial charge is 0.394 e. The number of aromatic nitrogens is 5. The van der Waals surface area contributed by atoms with Crippen molar-refractivity contribution in [3.8, 4) is 0 Å². The second-order valence-corrected chi connectivity index (χ2v) is 10.4. The van der Waals surface area contributed by atoms with Crippen molar-refractivity contribution in [1.29, 1.82) is 0 Å². The molecule has 0 radical (unpaired) electrons. The van der Waals surface area contributed by atoms with Crippen LogP contribution in [0.5, 0.6) is 0 Å². The summed E-state index contributed by atoms with van der Waals surface area (Å²) in [6.45, 7) is 9.64. The van der Waals surface area contributed by atoms with E-state index in [0.29, 0.717) is 41.7 Å². The fraction of sp³-hybridized carbons (Fsp3) is 0.680. The Bertz CT molecular complexity index is 1210. The third-order valence-corrected chi connectivity index (χ3v) is 7.39. The molecule has 0 aliphatic carbocycles. The molecule has 208 valence electrons. The van der Waals surface area contributed by atoms with Gasteiger partial charge in [-0.05, 0) is 38.3 Å². The molecule has 0 saturated carbocycles. The second kappa shape index (κ2) is 11.5. The third-order valence-electron chi connectivity index (χ3n) is 7.39. The third kappa shape index (κ3) is 5.34. The van der Waals surface area contributed by atoms with Crippen LogP contribution in [0.25, 0.3) is 11.2 Å². The van der Waals surface area contributed by atoms with Gasteiger partial charge in [0.15, 0.2) is 29.0 Å². The minimum Gasteiger partial charge on any atom is -0.394 e. The monoisotopic (exact) mass is 530 g/mol. The van der Waals surface area contributed by atoms with E-state index in [1.165, 1.54) is 19.2 Å². The minimum atomic E-state index is -1.26. The Labute approximate surface area is 221 Å². The van der Waals surface area contributed by atoms with Crippen LogP contribution in [-0.2, 0) is 11.2 Å². The van der Waals surface area contributed by atoms with E-state index in [9.17, 15) is 15.3 Å². The number of likely N-dealkylation sites (tertiary alicyclic amines) is 1. The first kappa shape index (κ1) is 26.8. The summed E-state index contributed by atoms with van der Waals surface area (Å²) in [5.41, 5.74) is 1.63. The number of anilines is 2. The number of hydrogen-bond acceptors (Lipinski definition) is 12.